The van der Waals surface area contributed by atoms with Gasteiger partial charge in [0.1, 0.15) is 5.52 Å². The van der Waals surface area contributed by atoms with E-state index < -0.39 is 0 Å². The molecule has 9 nitrogen and oxygen atoms in total. The van der Waals surface area contributed by atoms with Crippen molar-refractivity contribution in [1.82, 2.24) is 29.5 Å². The van der Waals surface area contributed by atoms with Crippen LogP contribution in [0.4, 0.5) is 11.5 Å². The van der Waals surface area contributed by atoms with Crippen LogP contribution in [-0.4, -0.2) is 55.7 Å². The third-order valence-corrected chi connectivity index (χ3v) is 7.00. The van der Waals surface area contributed by atoms with Crippen molar-refractivity contribution in [3.63, 3.8) is 0 Å². The summed E-state index contributed by atoms with van der Waals surface area (Å²) in [6.45, 7) is 7.05. The maximum atomic E-state index is 13.3. The van der Waals surface area contributed by atoms with Crippen molar-refractivity contribution in [3.05, 3.63) is 47.7 Å². The van der Waals surface area contributed by atoms with Gasteiger partial charge in [-0.3, -0.25) is 14.5 Å². The Morgan fingerprint density at radius 3 is 2.91 bits per heavy atom. The zero-order valence-corrected chi connectivity index (χ0v) is 19.2. The lowest BCUT2D eigenvalue weighted by Gasteiger charge is -2.34. The van der Waals surface area contributed by atoms with Crippen molar-refractivity contribution in [3.8, 4) is 0 Å². The summed E-state index contributed by atoms with van der Waals surface area (Å²) >= 11 is 0. The Balaban J connectivity index is 1.34. The molecule has 0 radical (unpaired) electrons. The smallest absolute Gasteiger partial charge is 0.259 e. The third kappa shape index (κ3) is 3.34. The molecule has 3 aromatic heterocycles. The Kier molecular flexibility index (Phi) is 4.62. The molecule has 4 aromatic rings. The molecule has 2 aliphatic heterocycles. The highest BCUT2D eigenvalue weighted by Crippen LogP contribution is 2.37. The number of nitrogens with zero attached hydrogens (tertiary/aromatic N) is 6. The van der Waals surface area contributed by atoms with Crippen LogP contribution in [0, 0.1) is 19.8 Å². The molecule has 2 N–H and O–H groups in total. The average molecular weight is 445 g/mol. The van der Waals surface area contributed by atoms with Crippen LogP contribution < -0.4 is 15.5 Å². The molecule has 2 aliphatic rings. The zero-order chi connectivity index (χ0) is 22.7. The first kappa shape index (κ1) is 20.2. The third-order valence-electron chi connectivity index (χ3n) is 7.00. The van der Waals surface area contributed by atoms with E-state index in [-0.39, 0.29) is 5.91 Å². The maximum absolute atomic E-state index is 13.3. The summed E-state index contributed by atoms with van der Waals surface area (Å²) in [7, 11) is 1.91. The van der Waals surface area contributed by atoms with E-state index in [1.54, 1.807) is 4.68 Å². The molecule has 0 spiro atoms. The molecule has 6 rings (SSSR count). The first-order valence-electron chi connectivity index (χ1n) is 11.6. The number of hydrogen-bond donors (Lipinski definition) is 2. The molecule has 0 aliphatic carbocycles. The van der Waals surface area contributed by atoms with E-state index in [1.807, 2.05) is 50.0 Å². The Labute approximate surface area is 191 Å². The standard InChI is InChI=1S/C24H28N8O/c1-14-11-31-13-21(27-23(31)15(2)26-14)28-24(33)17-4-5-20(18-12-30(3)29-22(17)18)32-9-7-16-10-25-8-6-19(16)32/h4-5,11-13,16,19,25H,6-10H2,1-3H3,(H,28,33). The minimum atomic E-state index is -0.211. The summed E-state index contributed by atoms with van der Waals surface area (Å²) in [5.41, 5.74) is 4.92. The quantitative estimate of drug-likeness (QED) is 0.505. The van der Waals surface area contributed by atoms with Gasteiger partial charge >= 0.3 is 0 Å². The van der Waals surface area contributed by atoms with Gasteiger partial charge in [-0.2, -0.15) is 5.10 Å². The van der Waals surface area contributed by atoms with Gasteiger partial charge < -0.3 is 19.9 Å². The minimum Gasteiger partial charge on any atom is -0.368 e. The number of amides is 1. The van der Waals surface area contributed by atoms with Crippen LogP contribution >= 0.6 is 0 Å². The van der Waals surface area contributed by atoms with E-state index >= 15 is 0 Å². The number of carbonyl (C=O) groups excluding carboxylic acids is 1. The average Bonchev–Trinajstić information content (AvgIpc) is 3.48. The number of benzene rings is 1. The zero-order valence-electron chi connectivity index (χ0n) is 19.2. The van der Waals surface area contributed by atoms with Gasteiger partial charge in [0.2, 0.25) is 0 Å². The second kappa shape index (κ2) is 7.55. The predicted octanol–water partition coefficient (Wildman–Crippen LogP) is 2.67. The van der Waals surface area contributed by atoms with Crippen LogP contribution in [0.5, 0.6) is 0 Å². The summed E-state index contributed by atoms with van der Waals surface area (Å²) in [4.78, 5) is 24.8. The summed E-state index contributed by atoms with van der Waals surface area (Å²) in [6, 6.07) is 4.54. The number of aromatic nitrogens is 5. The topological polar surface area (TPSA) is 92.4 Å². The number of hydrogen-bond acceptors (Lipinski definition) is 6. The lowest BCUT2D eigenvalue weighted by molar-refractivity contribution is 0.102. The van der Waals surface area contributed by atoms with Crippen molar-refractivity contribution >= 4 is 34.0 Å². The molecule has 2 saturated heterocycles. The van der Waals surface area contributed by atoms with Crippen molar-refractivity contribution in [2.24, 2.45) is 13.0 Å². The van der Waals surface area contributed by atoms with Crippen molar-refractivity contribution in [1.29, 1.82) is 0 Å². The van der Waals surface area contributed by atoms with Crippen LogP contribution in [0.1, 0.15) is 34.6 Å². The normalized spacial score (nSPS) is 20.5. The van der Waals surface area contributed by atoms with Gasteiger partial charge in [0, 0.05) is 43.1 Å². The Hall–Kier alpha value is -3.46. The SMILES string of the molecule is Cc1cn2cc(NC(=O)c3ccc(N4CCC5CNCCC54)c4cn(C)nc34)nc2c(C)n1. The molecular formula is C24H28N8O. The number of anilines is 2. The summed E-state index contributed by atoms with van der Waals surface area (Å²) in [5.74, 6) is 0.975. The van der Waals surface area contributed by atoms with Crippen LogP contribution in [0.25, 0.3) is 16.6 Å². The number of nitrogens with one attached hydrogen (secondary N) is 2. The molecule has 5 heterocycles. The first-order chi connectivity index (χ1) is 16.0. The van der Waals surface area contributed by atoms with Crippen molar-refractivity contribution in [2.45, 2.75) is 32.7 Å². The monoisotopic (exact) mass is 444 g/mol. The van der Waals surface area contributed by atoms with Gasteiger partial charge in [-0.1, -0.05) is 0 Å². The fourth-order valence-corrected chi connectivity index (χ4v) is 5.57. The molecule has 1 amide bonds. The molecule has 9 heteroatoms. The number of piperidine rings is 1. The molecular weight excluding hydrogens is 416 g/mol. The summed E-state index contributed by atoms with van der Waals surface area (Å²) in [6.07, 6.45) is 8.10. The minimum absolute atomic E-state index is 0.211. The maximum Gasteiger partial charge on any atom is 0.259 e. The van der Waals surface area contributed by atoms with Crippen LogP contribution in [0.2, 0.25) is 0 Å². The second-order valence-corrected chi connectivity index (χ2v) is 9.28. The van der Waals surface area contributed by atoms with Crippen molar-refractivity contribution in [2.75, 3.05) is 29.9 Å². The number of carbonyl (C=O) groups is 1. The highest BCUT2D eigenvalue weighted by molar-refractivity contribution is 6.13. The summed E-state index contributed by atoms with van der Waals surface area (Å²) < 4.78 is 3.69. The Bertz CT molecular complexity index is 1390. The van der Waals surface area contributed by atoms with E-state index in [0.717, 1.165) is 54.0 Å². The molecule has 2 unspecified atom stereocenters. The van der Waals surface area contributed by atoms with Gasteiger partial charge in [-0.15, -0.1) is 0 Å². The van der Waals surface area contributed by atoms with E-state index in [2.05, 4.69) is 36.7 Å². The number of fused-ring (bicyclic) bond motifs is 3. The summed E-state index contributed by atoms with van der Waals surface area (Å²) in [5, 5.41) is 12.2. The molecule has 1 aromatic carbocycles. The lowest BCUT2D eigenvalue weighted by atomic mass is 9.94. The van der Waals surface area contributed by atoms with Gasteiger partial charge in [0.25, 0.3) is 5.91 Å². The predicted molar refractivity (Wildman–Crippen MR) is 128 cm³/mol. The Morgan fingerprint density at radius 1 is 1.15 bits per heavy atom. The van der Waals surface area contributed by atoms with Gasteiger partial charge in [0.15, 0.2) is 11.5 Å². The van der Waals surface area contributed by atoms with Crippen molar-refractivity contribution < 1.29 is 4.79 Å². The van der Waals surface area contributed by atoms with Gasteiger partial charge in [-0.25, -0.2) is 4.98 Å². The van der Waals surface area contributed by atoms with E-state index in [9.17, 15) is 4.79 Å². The molecule has 0 bridgehead atoms. The lowest BCUT2D eigenvalue weighted by Crippen LogP contribution is -2.43. The molecule has 170 valence electrons. The van der Waals surface area contributed by atoms with E-state index in [0.29, 0.717) is 23.3 Å². The fraction of sp³-hybridized carbons (Fsp3) is 0.417. The highest BCUT2D eigenvalue weighted by atomic mass is 16.1. The van der Waals surface area contributed by atoms with Crippen LogP contribution in [0.3, 0.4) is 0 Å². The number of imidazole rings is 1. The second-order valence-electron chi connectivity index (χ2n) is 9.28. The number of rotatable bonds is 3. The largest absolute Gasteiger partial charge is 0.368 e. The first-order valence-corrected chi connectivity index (χ1v) is 11.6. The van der Waals surface area contributed by atoms with Gasteiger partial charge in [0.05, 0.1) is 23.1 Å². The molecule has 2 atom stereocenters. The highest BCUT2D eigenvalue weighted by Gasteiger charge is 2.36. The van der Waals surface area contributed by atoms with E-state index in [1.165, 1.54) is 12.1 Å². The fourth-order valence-electron chi connectivity index (χ4n) is 5.57. The molecule has 0 saturated carbocycles. The van der Waals surface area contributed by atoms with E-state index in [4.69, 9.17) is 0 Å². The Morgan fingerprint density at radius 2 is 2.03 bits per heavy atom. The molecule has 33 heavy (non-hydrogen) atoms. The molecule has 2 fully saturated rings. The van der Waals surface area contributed by atoms with Crippen LogP contribution in [0.15, 0.2) is 30.7 Å². The van der Waals surface area contributed by atoms with Gasteiger partial charge in [-0.05, 0) is 57.8 Å². The van der Waals surface area contributed by atoms with Crippen LogP contribution in [-0.2, 0) is 7.05 Å². The number of aryl methyl sites for hydroxylation is 3.